The summed E-state index contributed by atoms with van der Waals surface area (Å²) in [4.78, 5) is 24.5. The third kappa shape index (κ3) is 4.01. The van der Waals surface area contributed by atoms with Crippen LogP contribution in [0.2, 0.25) is 0 Å². The van der Waals surface area contributed by atoms with Gasteiger partial charge in [-0.3, -0.25) is 9.59 Å². The highest BCUT2D eigenvalue weighted by atomic mass is 16.5. The molecule has 0 bridgehead atoms. The fourth-order valence-corrected chi connectivity index (χ4v) is 8.15. The predicted molar refractivity (Wildman–Crippen MR) is 132 cm³/mol. The van der Waals surface area contributed by atoms with Crippen molar-refractivity contribution >= 4 is 11.9 Å². The zero-order chi connectivity index (χ0) is 24.7. The second kappa shape index (κ2) is 9.70. The van der Waals surface area contributed by atoms with E-state index in [-0.39, 0.29) is 28.9 Å². The largest absolute Gasteiger partial charge is 0.498 e. The maximum atomic E-state index is 12.3. The maximum absolute atomic E-state index is 12.3. The van der Waals surface area contributed by atoms with Gasteiger partial charge in [0.2, 0.25) is 0 Å². The molecule has 0 amide bonds. The van der Waals surface area contributed by atoms with Crippen LogP contribution in [0, 0.1) is 40.4 Å². The first kappa shape index (κ1) is 25.3. The second-order valence-electron chi connectivity index (χ2n) is 11.4. The minimum Gasteiger partial charge on any atom is -0.498 e. The number of carbonyl (C=O) groups is 2. The van der Waals surface area contributed by atoms with Gasteiger partial charge in [-0.15, -0.1) is 0 Å². The van der Waals surface area contributed by atoms with E-state index in [1.807, 2.05) is 20.8 Å². The van der Waals surface area contributed by atoms with Crippen LogP contribution in [-0.4, -0.2) is 31.3 Å². The monoisotopic (exact) mass is 472 g/mol. The van der Waals surface area contributed by atoms with Crippen LogP contribution in [0.4, 0.5) is 0 Å². The average Bonchev–Trinajstić information content (AvgIpc) is 3.14. The molecule has 0 spiro atoms. The van der Waals surface area contributed by atoms with Crippen LogP contribution in [0.15, 0.2) is 23.5 Å². The molecule has 0 aliphatic heterocycles. The third-order valence-electron chi connectivity index (χ3n) is 9.85. The van der Waals surface area contributed by atoms with Gasteiger partial charge >= 0.3 is 11.9 Å². The molecule has 4 aliphatic rings. The molecule has 0 radical (unpaired) electrons. The van der Waals surface area contributed by atoms with Crippen LogP contribution < -0.4 is 0 Å². The van der Waals surface area contributed by atoms with Gasteiger partial charge < -0.3 is 14.2 Å². The van der Waals surface area contributed by atoms with Gasteiger partial charge in [-0.2, -0.15) is 0 Å². The Morgan fingerprint density at radius 2 is 1.76 bits per heavy atom. The molecule has 0 saturated heterocycles. The van der Waals surface area contributed by atoms with E-state index in [0.29, 0.717) is 55.6 Å². The number of fused-ring (bicyclic) bond motifs is 5. The Morgan fingerprint density at radius 1 is 1.03 bits per heavy atom. The quantitative estimate of drug-likeness (QED) is 0.411. The normalized spacial score (nSPS) is 40.8. The van der Waals surface area contributed by atoms with E-state index in [1.165, 1.54) is 5.57 Å². The third-order valence-corrected chi connectivity index (χ3v) is 9.85. The van der Waals surface area contributed by atoms with Crippen LogP contribution in [0.5, 0.6) is 0 Å². The number of allylic oxidation sites excluding steroid dienone is 3. The fourth-order valence-electron chi connectivity index (χ4n) is 8.15. The van der Waals surface area contributed by atoms with Gasteiger partial charge in [0, 0.05) is 30.1 Å². The number of rotatable bonds is 7. The summed E-state index contributed by atoms with van der Waals surface area (Å²) < 4.78 is 17.9. The van der Waals surface area contributed by atoms with Crippen LogP contribution in [0.25, 0.3) is 0 Å². The number of esters is 2. The van der Waals surface area contributed by atoms with E-state index in [0.717, 1.165) is 37.9 Å². The Morgan fingerprint density at radius 3 is 2.44 bits per heavy atom. The van der Waals surface area contributed by atoms with E-state index in [4.69, 9.17) is 14.2 Å². The minimum absolute atomic E-state index is 0.0191. The summed E-state index contributed by atoms with van der Waals surface area (Å²) in [6.45, 7) is 13.9. The van der Waals surface area contributed by atoms with E-state index in [1.54, 1.807) is 0 Å². The van der Waals surface area contributed by atoms with Crippen molar-refractivity contribution in [2.24, 2.45) is 40.4 Å². The van der Waals surface area contributed by atoms with E-state index in [2.05, 4.69) is 32.9 Å². The van der Waals surface area contributed by atoms with Crippen molar-refractivity contribution in [1.29, 1.82) is 0 Å². The van der Waals surface area contributed by atoms with Crippen LogP contribution in [-0.2, 0) is 23.8 Å². The highest BCUT2D eigenvalue weighted by molar-refractivity contribution is 5.69. The summed E-state index contributed by atoms with van der Waals surface area (Å²) in [7, 11) is 0. The first-order chi connectivity index (χ1) is 16.2. The summed E-state index contributed by atoms with van der Waals surface area (Å²) in [5.74, 6) is 3.06. The molecule has 0 aromatic carbocycles. The number of hydrogen-bond donors (Lipinski definition) is 0. The minimum atomic E-state index is -0.178. The van der Waals surface area contributed by atoms with E-state index < -0.39 is 0 Å². The van der Waals surface area contributed by atoms with E-state index >= 15 is 0 Å². The summed E-state index contributed by atoms with van der Waals surface area (Å²) in [5, 5.41) is 0. The predicted octanol–water partition coefficient (Wildman–Crippen LogP) is 6.23. The van der Waals surface area contributed by atoms with Crippen molar-refractivity contribution in [1.82, 2.24) is 0 Å². The first-order valence-corrected chi connectivity index (χ1v) is 13.6. The molecule has 0 unspecified atom stereocenters. The topological polar surface area (TPSA) is 61.8 Å². The standard InChI is InChI=1S/C29H44O5/c1-7-25(30)33-17-29-19(5)15-21(32-9-3)16-20(29)14-18(4)27-22-10-11-24(34-26(31)8-2)28(22,6)13-12-23(27)29/h14,16,18-19,22-24,27H,7-13,15,17H2,1-6H3/t18-,19+,22+,23+,24+,27+,28+,29+/m1/s1. The molecule has 5 heteroatoms. The van der Waals surface area contributed by atoms with Crippen LogP contribution in [0.3, 0.4) is 0 Å². The van der Waals surface area contributed by atoms with Gasteiger partial charge in [-0.1, -0.05) is 40.7 Å². The van der Waals surface area contributed by atoms with Gasteiger partial charge in [-0.05, 0) is 73.8 Å². The molecule has 190 valence electrons. The van der Waals surface area contributed by atoms with Crippen molar-refractivity contribution in [2.75, 3.05) is 13.2 Å². The van der Waals surface area contributed by atoms with Crippen molar-refractivity contribution in [3.05, 3.63) is 23.5 Å². The highest BCUT2D eigenvalue weighted by Crippen LogP contribution is 2.67. The molecule has 34 heavy (non-hydrogen) atoms. The summed E-state index contributed by atoms with van der Waals surface area (Å²) in [5.41, 5.74) is 1.15. The summed E-state index contributed by atoms with van der Waals surface area (Å²) in [6.07, 6.45) is 10.6. The SMILES string of the molecule is CCOC1=CC2=C[C@@H](C)[C@H]3[C@@H]4CC[C@H](OC(=O)CC)[C@@]4(C)CC[C@@H]3[C@@]2(COC(=O)CC)[C@@H](C)C1. The van der Waals surface area contributed by atoms with Crippen molar-refractivity contribution in [3.8, 4) is 0 Å². The van der Waals surface area contributed by atoms with Gasteiger partial charge in [-0.25, -0.2) is 0 Å². The van der Waals surface area contributed by atoms with Gasteiger partial charge in [0.15, 0.2) is 0 Å². The Labute approximate surface area is 205 Å². The number of carbonyl (C=O) groups excluding carboxylic acids is 2. The molecule has 2 saturated carbocycles. The lowest BCUT2D eigenvalue weighted by molar-refractivity contribution is -0.164. The number of hydrogen-bond acceptors (Lipinski definition) is 5. The Kier molecular flexibility index (Phi) is 7.22. The molecular weight excluding hydrogens is 428 g/mol. The van der Waals surface area contributed by atoms with Crippen molar-refractivity contribution < 1.29 is 23.8 Å². The average molecular weight is 473 g/mol. The molecule has 0 N–H and O–H groups in total. The summed E-state index contributed by atoms with van der Waals surface area (Å²) in [6, 6.07) is 0. The molecule has 0 heterocycles. The highest BCUT2D eigenvalue weighted by Gasteiger charge is 2.63. The second-order valence-corrected chi connectivity index (χ2v) is 11.4. The molecule has 2 fully saturated rings. The van der Waals surface area contributed by atoms with Crippen LogP contribution >= 0.6 is 0 Å². The Bertz CT molecular complexity index is 859. The molecule has 4 rings (SSSR count). The lowest BCUT2D eigenvalue weighted by atomic mass is 9.44. The van der Waals surface area contributed by atoms with Gasteiger partial charge in [0.05, 0.1) is 12.4 Å². The Balaban J connectivity index is 1.73. The first-order valence-electron chi connectivity index (χ1n) is 13.6. The molecule has 8 atom stereocenters. The lowest BCUT2D eigenvalue weighted by Gasteiger charge is -2.60. The van der Waals surface area contributed by atoms with E-state index in [9.17, 15) is 9.59 Å². The fraction of sp³-hybridized carbons (Fsp3) is 0.793. The van der Waals surface area contributed by atoms with Gasteiger partial charge in [0.1, 0.15) is 12.7 Å². The van der Waals surface area contributed by atoms with Crippen molar-refractivity contribution in [3.63, 3.8) is 0 Å². The molecular formula is C29H44O5. The van der Waals surface area contributed by atoms with Crippen molar-refractivity contribution in [2.45, 2.75) is 92.6 Å². The molecule has 4 aliphatic carbocycles. The zero-order valence-corrected chi connectivity index (χ0v) is 22.0. The molecule has 0 aromatic rings. The smallest absolute Gasteiger partial charge is 0.305 e. The molecule has 0 aromatic heterocycles. The zero-order valence-electron chi connectivity index (χ0n) is 22.0. The Hall–Kier alpha value is -1.78. The molecule has 5 nitrogen and oxygen atoms in total. The maximum Gasteiger partial charge on any atom is 0.305 e. The lowest BCUT2D eigenvalue weighted by Crippen LogP contribution is -2.57. The number of ether oxygens (including phenoxy) is 3. The summed E-state index contributed by atoms with van der Waals surface area (Å²) >= 11 is 0. The van der Waals surface area contributed by atoms with Gasteiger partial charge in [0.25, 0.3) is 0 Å². The van der Waals surface area contributed by atoms with Crippen LogP contribution in [0.1, 0.15) is 86.5 Å².